The van der Waals surface area contributed by atoms with Gasteiger partial charge in [0.25, 0.3) is 0 Å². The van der Waals surface area contributed by atoms with Crippen molar-refractivity contribution in [2.24, 2.45) is 4.99 Å². The van der Waals surface area contributed by atoms with Crippen LogP contribution in [0.4, 0.5) is 5.69 Å². The number of hydrogen-bond donors (Lipinski definition) is 1. The smallest absolute Gasteiger partial charge is 0.310 e. The first-order valence-corrected chi connectivity index (χ1v) is 10.5. The first-order chi connectivity index (χ1) is 13.1. The van der Waals surface area contributed by atoms with Crippen molar-refractivity contribution in [3.8, 4) is 5.88 Å². The summed E-state index contributed by atoms with van der Waals surface area (Å²) in [5, 5.41) is 10.6. The van der Waals surface area contributed by atoms with Crippen LogP contribution < -0.4 is 4.87 Å². The third-order valence-corrected chi connectivity index (χ3v) is 6.21. The van der Waals surface area contributed by atoms with Gasteiger partial charge in [0.15, 0.2) is 0 Å². The Morgan fingerprint density at radius 2 is 2.00 bits per heavy atom. The Kier molecular flexibility index (Phi) is 5.01. The van der Waals surface area contributed by atoms with Gasteiger partial charge in [-0.3, -0.25) is 14.4 Å². The van der Waals surface area contributed by atoms with Crippen molar-refractivity contribution in [1.82, 2.24) is 4.57 Å². The van der Waals surface area contributed by atoms with Gasteiger partial charge >= 0.3 is 4.87 Å². The number of aromatic nitrogens is 1. The van der Waals surface area contributed by atoms with Gasteiger partial charge in [0, 0.05) is 20.9 Å². The van der Waals surface area contributed by atoms with Crippen molar-refractivity contribution in [3.63, 3.8) is 0 Å². The summed E-state index contributed by atoms with van der Waals surface area (Å²) < 4.78 is 2.55. The second kappa shape index (κ2) is 7.44. The maximum Gasteiger partial charge on any atom is 0.310 e. The minimum absolute atomic E-state index is 0.00421. The SMILES string of the molecule is CCc1cccc2c1N=C/C2=C\c1sc(=O)n(Cc2ccc(I)cc2)c1O. The molecule has 0 radical (unpaired) electrons. The topological polar surface area (TPSA) is 54.6 Å². The number of aliphatic imine (C=N–C) groups is 1. The number of para-hydroxylation sites is 1. The predicted molar refractivity (Wildman–Crippen MR) is 120 cm³/mol. The number of allylic oxidation sites excluding steroid dienone is 1. The lowest BCUT2D eigenvalue weighted by molar-refractivity contribution is 0.420. The molecule has 136 valence electrons. The van der Waals surface area contributed by atoms with Crippen molar-refractivity contribution < 1.29 is 5.11 Å². The van der Waals surface area contributed by atoms with Crippen molar-refractivity contribution in [1.29, 1.82) is 0 Å². The van der Waals surface area contributed by atoms with Crippen molar-refractivity contribution in [2.75, 3.05) is 0 Å². The van der Waals surface area contributed by atoms with E-state index in [0.29, 0.717) is 11.4 Å². The van der Waals surface area contributed by atoms with Crippen LogP contribution in [-0.2, 0) is 13.0 Å². The molecular formula is C21H17IN2O2S. The van der Waals surface area contributed by atoms with E-state index in [4.69, 9.17) is 0 Å². The fourth-order valence-electron chi connectivity index (χ4n) is 3.14. The molecule has 0 atom stereocenters. The van der Waals surface area contributed by atoms with Gasteiger partial charge in [-0.2, -0.15) is 0 Å². The summed E-state index contributed by atoms with van der Waals surface area (Å²) in [6.45, 7) is 2.46. The Balaban J connectivity index is 1.69. The molecule has 0 spiro atoms. The number of aromatic hydroxyl groups is 1. The molecule has 3 aromatic rings. The minimum atomic E-state index is -0.171. The Hall–Kier alpha value is -2.19. The van der Waals surface area contributed by atoms with Gasteiger partial charge in [-0.1, -0.05) is 48.6 Å². The van der Waals surface area contributed by atoms with Crippen LogP contribution in [0.1, 0.15) is 28.5 Å². The molecule has 0 amide bonds. The molecule has 2 heterocycles. The van der Waals surface area contributed by atoms with Crippen LogP contribution in [0.2, 0.25) is 0 Å². The molecule has 6 heteroatoms. The average Bonchev–Trinajstić information content (AvgIpc) is 3.20. The van der Waals surface area contributed by atoms with Crippen molar-refractivity contribution in [2.45, 2.75) is 19.9 Å². The lowest BCUT2D eigenvalue weighted by Crippen LogP contribution is -2.13. The molecule has 0 aliphatic carbocycles. The van der Waals surface area contributed by atoms with Crippen molar-refractivity contribution >= 4 is 57.5 Å². The number of hydrogen-bond acceptors (Lipinski definition) is 4. The third-order valence-electron chi connectivity index (χ3n) is 4.58. The molecule has 4 rings (SSSR count). The Morgan fingerprint density at radius 1 is 1.22 bits per heavy atom. The molecule has 1 aliphatic rings. The second-order valence-corrected chi connectivity index (χ2v) is 8.53. The zero-order valence-corrected chi connectivity index (χ0v) is 17.6. The van der Waals surface area contributed by atoms with E-state index in [0.717, 1.165) is 43.7 Å². The van der Waals surface area contributed by atoms with Gasteiger partial charge < -0.3 is 5.11 Å². The van der Waals surface area contributed by atoms with E-state index in [-0.39, 0.29) is 10.8 Å². The van der Waals surface area contributed by atoms with Crippen LogP contribution in [0.15, 0.2) is 52.3 Å². The number of rotatable bonds is 4. The highest BCUT2D eigenvalue weighted by Gasteiger charge is 2.18. The lowest BCUT2D eigenvalue weighted by atomic mass is 10.0. The zero-order valence-electron chi connectivity index (χ0n) is 14.6. The van der Waals surface area contributed by atoms with Gasteiger partial charge in [-0.15, -0.1) is 0 Å². The molecule has 1 N–H and O–H groups in total. The monoisotopic (exact) mass is 488 g/mol. The highest BCUT2D eigenvalue weighted by atomic mass is 127. The first kappa shape index (κ1) is 18.2. The molecule has 27 heavy (non-hydrogen) atoms. The van der Waals surface area contributed by atoms with Crippen molar-refractivity contribution in [3.05, 3.63) is 77.3 Å². The third kappa shape index (κ3) is 3.51. The normalized spacial score (nSPS) is 14.1. The number of fused-ring (bicyclic) bond motifs is 1. The van der Waals surface area contributed by atoms with Crippen LogP contribution >= 0.6 is 33.9 Å². The average molecular weight is 488 g/mol. The fourth-order valence-corrected chi connectivity index (χ4v) is 4.34. The van der Waals surface area contributed by atoms with E-state index in [9.17, 15) is 9.90 Å². The molecule has 0 saturated heterocycles. The van der Waals surface area contributed by atoms with Gasteiger partial charge in [0.05, 0.1) is 17.1 Å². The fraction of sp³-hybridized carbons (Fsp3) is 0.143. The molecule has 2 aromatic carbocycles. The summed E-state index contributed by atoms with van der Waals surface area (Å²) in [7, 11) is 0. The predicted octanol–water partition coefficient (Wildman–Crippen LogP) is 5.09. The Bertz CT molecular complexity index is 1120. The quantitative estimate of drug-likeness (QED) is 0.521. The lowest BCUT2D eigenvalue weighted by Gasteiger charge is -2.05. The molecular weight excluding hydrogens is 471 g/mol. The maximum atomic E-state index is 12.4. The Labute approximate surface area is 174 Å². The minimum Gasteiger partial charge on any atom is -0.493 e. The van der Waals surface area contributed by atoms with Crippen LogP contribution in [0.3, 0.4) is 0 Å². The largest absolute Gasteiger partial charge is 0.493 e. The summed E-state index contributed by atoms with van der Waals surface area (Å²) in [4.78, 5) is 17.3. The van der Waals surface area contributed by atoms with Gasteiger partial charge in [0.1, 0.15) is 0 Å². The van der Waals surface area contributed by atoms with Gasteiger partial charge in [-0.25, -0.2) is 0 Å². The number of thiazole rings is 1. The van der Waals surface area contributed by atoms with E-state index in [1.807, 2.05) is 42.5 Å². The highest BCUT2D eigenvalue weighted by molar-refractivity contribution is 14.1. The summed E-state index contributed by atoms with van der Waals surface area (Å²) in [5.41, 5.74) is 5.11. The highest BCUT2D eigenvalue weighted by Crippen LogP contribution is 2.37. The van der Waals surface area contributed by atoms with E-state index in [2.05, 4.69) is 40.6 Å². The van der Waals surface area contributed by atoms with Crippen LogP contribution in [-0.4, -0.2) is 15.9 Å². The van der Waals surface area contributed by atoms with Crippen LogP contribution in [0, 0.1) is 3.57 Å². The molecule has 4 nitrogen and oxygen atoms in total. The summed E-state index contributed by atoms with van der Waals surface area (Å²) in [6.07, 6.45) is 4.57. The van der Waals surface area contributed by atoms with Gasteiger partial charge in [-0.05, 0) is 58.3 Å². The molecule has 0 fully saturated rings. The first-order valence-electron chi connectivity index (χ1n) is 8.62. The molecule has 0 saturated carbocycles. The van der Waals surface area contributed by atoms with Gasteiger partial charge in [0.2, 0.25) is 5.88 Å². The maximum absolute atomic E-state index is 12.4. The number of nitrogens with zero attached hydrogens (tertiary/aromatic N) is 2. The summed E-state index contributed by atoms with van der Waals surface area (Å²) in [5.74, 6) is 0.00421. The number of benzene rings is 2. The molecule has 0 bridgehead atoms. The Morgan fingerprint density at radius 3 is 2.74 bits per heavy atom. The van der Waals surface area contributed by atoms with E-state index < -0.39 is 0 Å². The summed E-state index contributed by atoms with van der Waals surface area (Å²) >= 11 is 3.29. The van der Waals surface area contributed by atoms with E-state index >= 15 is 0 Å². The number of halogens is 1. The summed E-state index contributed by atoms with van der Waals surface area (Å²) in [6, 6.07) is 14.0. The molecule has 1 aromatic heterocycles. The number of aryl methyl sites for hydroxylation is 1. The van der Waals surface area contributed by atoms with Crippen LogP contribution in [0.25, 0.3) is 11.6 Å². The standard InChI is InChI=1S/C21H17IN2O2S/c1-2-14-4-3-5-17-15(11-23-19(14)17)10-18-20(25)24(21(26)27-18)12-13-6-8-16(22)9-7-13/h3-11,25H,2,12H2,1H3/b15-10+. The van der Waals surface area contributed by atoms with Crippen LogP contribution in [0.5, 0.6) is 5.88 Å². The zero-order chi connectivity index (χ0) is 19.0. The van der Waals surface area contributed by atoms with E-state index in [1.165, 1.54) is 10.1 Å². The van der Waals surface area contributed by atoms with E-state index in [1.54, 1.807) is 6.21 Å². The second-order valence-electron chi connectivity index (χ2n) is 6.29. The molecule has 1 aliphatic heterocycles. The molecule has 0 unspecified atom stereocenters.